The molecular formula is C19H27N3O6S. The molecule has 0 spiro atoms. The lowest BCUT2D eigenvalue weighted by Gasteiger charge is -2.33. The second kappa shape index (κ2) is 9.84. The number of nitrogens with zero attached hydrogens (tertiary/aromatic N) is 2. The highest BCUT2D eigenvalue weighted by molar-refractivity contribution is 7.89. The number of carbonyl (C=O) groups is 3. The lowest BCUT2D eigenvalue weighted by Crippen LogP contribution is -2.49. The zero-order chi connectivity index (χ0) is 21.6. The minimum absolute atomic E-state index is 0.0358. The summed E-state index contributed by atoms with van der Waals surface area (Å²) in [5.74, 6) is -1.28. The molecule has 2 amide bonds. The molecule has 1 saturated heterocycles. The van der Waals surface area contributed by atoms with Crippen molar-refractivity contribution in [2.24, 2.45) is 0 Å². The van der Waals surface area contributed by atoms with Gasteiger partial charge in [0.25, 0.3) is 5.91 Å². The van der Waals surface area contributed by atoms with Crippen molar-refractivity contribution in [1.29, 1.82) is 0 Å². The van der Waals surface area contributed by atoms with Gasteiger partial charge in [-0.1, -0.05) is 13.0 Å². The summed E-state index contributed by atoms with van der Waals surface area (Å²) in [6, 6.07) is 5.54. The molecule has 1 aliphatic rings. The summed E-state index contributed by atoms with van der Waals surface area (Å²) in [5.41, 5.74) is 0.0450. The summed E-state index contributed by atoms with van der Waals surface area (Å²) >= 11 is 0. The third-order valence-corrected chi connectivity index (χ3v) is 6.49. The maximum Gasteiger partial charge on any atom is 0.338 e. The Kier molecular flexibility index (Phi) is 7.74. The molecule has 1 heterocycles. The van der Waals surface area contributed by atoms with Crippen LogP contribution in [-0.2, 0) is 24.3 Å². The summed E-state index contributed by atoms with van der Waals surface area (Å²) in [5, 5.41) is 2.63. The molecule has 0 aromatic heterocycles. The average Bonchev–Trinajstić information content (AvgIpc) is 2.71. The fraction of sp³-hybridized carbons (Fsp3) is 0.526. The zero-order valence-electron chi connectivity index (χ0n) is 16.9. The van der Waals surface area contributed by atoms with Crippen LogP contribution in [0, 0.1) is 0 Å². The van der Waals surface area contributed by atoms with Gasteiger partial charge in [-0.2, -0.15) is 4.31 Å². The Morgan fingerprint density at radius 2 is 1.83 bits per heavy atom. The molecule has 0 unspecified atom stereocenters. The molecule has 0 saturated carbocycles. The van der Waals surface area contributed by atoms with Crippen LogP contribution in [0.1, 0.15) is 37.6 Å². The van der Waals surface area contributed by atoms with E-state index in [0.29, 0.717) is 19.6 Å². The number of sulfonamides is 1. The molecule has 2 rings (SSSR count). The SMILES string of the molecule is CCCNC(=O)[C@H](C)OC(=O)c1cccc(S(=O)(=O)N2CCN(C(C)=O)CC2)c1. The van der Waals surface area contributed by atoms with Crippen molar-refractivity contribution in [3.63, 3.8) is 0 Å². The first-order valence-corrected chi connectivity index (χ1v) is 10.9. The van der Waals surface area contributed by atoms with Crippen LogP contribution in [-0.4, -0.2) is 74.2 Å². The van der Waals surface area contributed by atoms with Crippen molar-refractivity contribution in [2.45, 2.75) is 38.2 Å². The highest BCUT2D eigenvalue weighted by Crippen LogP contribution is 2.19. The molecular weight excluding hydrogens is 398 g/mol. The van der Waals surface area contributed by atoms with Gasteiger partial charge in [0.1, 0.15) is 0 Å². The third kappa shape index (κ3) is 5.77. The molecule has 0 bridgehead atoms. The quantitative estimate of drug-likeness (QED) is 0.641. The number of hydrogen-bond donors (Lipinski definition) is 1. The summed E-state index contributed by atoms with van der Waals surface area (Å²) < 4.78 is 32.2. The van der Waals surface area contributed by atoms with Gasteiger partial charge in [0, 0.05) is 39.6 Å². The van der Waals surface area contributed by atoms with Crippen molar-refractivity contribution < 1.29 is 27.5 Å². The van der Waals surface area contributed by atoms with E-state index < -0.39 is 28.0 Å². The average molecular weight is 426 g/mol. The number of esters is 1. The van der Waals surface area contributed by atoms with Crippen molar-refractivity contribution >= 4 is 27.8 Å². The summed E-state index contributed by atoms with van der Waals surface area (Å²) in [6.07, 6.45) is -0.235. The number of piperazine rings is 1. The second-order valence-electron chi connectivity index (χ2n) is 6.78. The highest BCUT2D eigenvalue weighted by Gasteiger charge is 2.30. The topological polar surface area (TPSA) is 113 Å². The first-order chi connectivity index (χ1) is 13.7. The maximum absolute atomic E-state index is 12.9. The molecule has 29 heavy (non-hydrogen) atoms. The minimum Gasteiger partial charge on any atom is -0.449 e. The van der Waals surface area contributed by atoms with Crippen molar-refractivity contribution in [2.75, 3.05) is 32.7 Å². The smallest absolute Gasteiger partial charge is 0.338 e. The Balaban J connectivity index is 2.09. The van der Waals surface area contributed by atoms with Gasteiger partial charge in [-0.3, -0.25) is 9.59 Å². The van der Waals surface area contributed by atoms with Crippen LogP contribution < -0.4 is 5.32 Å². The Morgan fingerprint density at radius 3 is 2.41 bits per heavy atom. The highest BCUT2D eigenvalue weighted by atomic mass is 32.2. The van der Waals surface area contributed by atoms with E-state index in [9.17, 15) is 22.8 Å². The molecule has 9 nitrogen and oxygen atoms in total. The lowest BCUT2D eigenvalue weighted by molar-refractivity contribution is -0.130. The Bertz CT molecular complexity index is 862. The van der Waals surface area contributed by atoms with E-state index in [4.69, 9.17) is 4.74 Å². The summed E-state index contributed by atoms with van der Waals surface area (Å²) in [7, 11) is -3.82. The van der Waals surface area contributed by atoms with Gasteiger partial charge >= 0.3 is 5.97 Å². The van der Waals surface area contributed by atoms with Crippen molar-refractivity contribution in [1.82, 2.24) is 14.5 Å². The van der Waals surface area contributed by atoms with E-state index in [-0.39, 0.29) is 29.5 Å². The predicted octanol–water partition coefficient (Wildman–Crippen LogP) is 0.611. The number of carbonyl (C=O) groups excluding carboxylic acids is 3. The van der Waals surface area contributed by atoms with Crippen LogP contribution in [0.4, 0.5) is 0 Å². The number of ether oxygens (including phenoxy) is 1. The van der Waals surface area contributed by atoms with Crippen LogP contribution in [0.15, 0.2) is 29.2 Å². The zero-order valence-corrected chi connectivity index (χ0v) is 17.7. The van der Waals surface area contributed by atoms with Crippen LogP contribution in [0.5, 0.6) is 0 Å². The number of hydrogen-bond acceptors (Lipinski definition) is 6. The summed E-state index contributed by atoms with van der Waals surface area (Å²) in [4.78, 5) is 37.2. The number of benzene rings is 1. The molecule has 0 aliphatic carbocycles. The monoisotopic (exact) mass is 425 g/mol. The second-order valence-corrected chi connectivity index (χ2v) is 8.71. The molecule has 10 heteroatoms. The van der Waals surface area contributed by atoms with E-state index in [1.807, 2.05) is 6.92 Å². The van der Waals surface area contributed by atoms with Crippen LogP contribution in [0.25, 0.3) is 0 Å². The van der Waals surface area contributed by atoms with E-state index in [1.54, 1.807) is 4.90 Å². The standard InChI is InChI=1S/C19H27N3O6S/c1-4-8-20-18(24)14(2)28-19(25)16-6-5-7-17(13-16)29(26,27)22-11-9-21(10-12-22)15(3)23/h5-7,13-14H,4,8-12H2,1-3H3,(H,20,24)/t14-/m0/s1. The number of rotatable bonds is 7. The van der Waals surface area contributed by atoms with Crippen molar-refractivity contribution in [3.05, 3.63) is 29.8 Å². The number of nitrogens with one attached hydrogen (secondary N) is 1. The van der Waals surface area contributed by atoms with Gasteiger partial charge in [-0.15, -0.1) is 0 Å². The largest absolute Gasteiger partial charge is 0.449 e. The first kappa shape index (κ1) is 22.8. The third-order valence-electron chi connectivity index (χ3n) is 4.59. The van der Waals surface area contributed by atoms with Crippen LogP contribution in [0.3, 0.4) is 0 Å². The molecule has 1 aromatic rings. The molecule has 0 radical (unpaired) electrons. The van der Waals surface area contributed by atoms with Gasteiger partial charge in [0.05, 0.1) is 10.5 Å². The fourth-order valence-electron chi connectivity index (χ4n) is 2.85. The van der Waals surface area contributed by atoms with E-state index >= 15 is 0 Å². The molecule has 1 N–H and O–H groups in total. The number of amides is 2. The first-order valence-electron chi connectivity index (χ1n) is 9.51. The van der Waals surface area contributed by atoms with Gasteiger partial charge < -0.3 is 15.0 Å². The Labute approximate surface area is 171 Å². The molecule has 1 aliphatic heterocycles. The van der Waals surface area contributed by atoms with Gasteiger partial charge in [-0.25, -0.2) is 13.2 Å². The Hall–Kier alpha value is -2.46. The molecule has 1 atom stereocenters. The van der Waals surface area contributed by atoms with Crippen LogP contribution in [0.2, 0.25) is 0 Å². The predicted molar refractivity (Wildman–Crippen MR) is 106 cm³/mol. The van der Waals surface area contributed by atoms with Gasteiger partial charge in [0.15, 0.2) is 6.10 Å². The molecule has 1 fully saturated rings. The van der Waals surface area contributed by atoms with Gasteiger partial charge in [0.2, 0.25) is 15.9 Å². The van der Waals surface area contributed by atoms with E-state index in [1.165, 1.54) is 42.4 Å². The lowest BCUT2D eigenvalue weighted by atomic mass is 10.2. The molecule has 160 valence electrons. The van der Waals surface area contributed by atoms with Crippen molar-refractivity contribution in [3.8, 4) is 0 Å². The normalized spacial score (nSPS) is 16.2. The maximum atomic E-state index is 12.9. The minimum atomic E-state index is -3.82. The van der Waals surface area contributed by atoms with E-state index in [2.05, 4.69) is 5.32 Å². The fourth-order valence-corrected chi connectivity index (χ4v) is 4.32. The molecule has 1 aromatic carbocycles. The van der Waals surface area contributed by atoms with Gasteiger partial charge in [-0.05, 0) is 31.5 Å². The van der Waals surface area contributed by atoms with E-state index in [0.717, 1.165) is 6.42 Å². The van der Waals surface area contributed by atoms with Crippen LogP contribution >= 0.6 is 0 Å². The Morgan fingerprint density at radius 1 is 1.17 bits per heavy atom. The summed E-state index contributed by atoms with van der Waals surface area (Å²) in [6.45, 7) is 6.30.